The lowest BCUT2D eigenvalue weighted by molar-refractivity contribution is 0.0631. The van der Waals surface area contributed by atoms with Gasteiger partial charge in [-0.1, -0.05) is 23.9 Å². The summed E-state index contributed by atoms with van der Waals surface area (Å²) in [7, 11) is 0. The molecule has 3 aromatic rings. The third kappa shape index (κ3) is 4.20. The van der Waals surface area contributed by atoms with Crippen LogP contribution in [0.1, 0.15) is 25.4 Å². The molecule has 6 nitrogen and oxygen atoms in total. The zero-order valence-electron chi connectivity index (χ0n) is 13.0. The highest BCUT2D eigenvalue weighted by Crippen LogP contribution is 2.19. The second-order valence-electron chi connectivity index (χ2n) is 5.39. The lowest BCUT2D eigenvalue weighted by Gasteiger charge is -2.07. The van der Waals surface area contributed by atoms with Crippen LogP contribution < -0.4 is 5.56 Å². The molecular formula is C16H18N4O2S. The van der Waals surface area contributed by atoms with Crippen LogP contribution >= 0.6 is 11.8 Å². The molecule has 0 aliphatic rings. The summed E-state index contributed by atoms with van der Waals surface area (Å²) in [5.74, 6) is 1.45. The molecule has 2 aromatic heterocycles. The fourth-order valence-corrected chi connectivity index (χ4v) is 2.85. The molecule has 0 atom stereocenters. The predicted octanol–water partition coefficient (Wildman–Crippen LogP) is 2.86. The summed E-state index contributed by atoms with van der Waals surface area (Å²) < 4.78 is 5.50. The number of H-pyrrole nitrogens is 2. The number of imidazole rings is 1. The van der Waals surface area contributed by atoms with Gasteiger partial charge in [0.2, 0.25) is 0 Å². The van der Waals surface area contributed by atoms with E-state index in [4.69, 9.17) is 4.74 Å². The summed E-state index contributed by atoms with van der Waals surface area (Å²) in [5.41, 5.74) is 2.40. The number of para-hydroxylation sites is 2. The lowest BCUT2D eigenvalue weighted by atomic mass is 10.3. The fourth-order valence-electron chi connectivity index (χ4n) is 2.09. The van der Waals surface area contributed by atoms with Gasteiger partial charge in [0.15, 0.2) is 5.16 Å². The predicted molar refractivity (Wildman–Crippen MR) is 90.4 cm³/mol. The Bertz CT molecular complexity index is 823. The highest BCUT2D eigenvalue weighted by Gasteiger charge is 2.07. The van der Waals surface area contributed by atoms with Gasteiger partial charge < -0.3 is 14.7 Å². The number of rotatable bonds is 6. The number of hydrogen-bond donors (Lipinski definition) is 2. The minimum atomic E-state index is -0.172. The van der Waals surface area contributed by atoms with Crippen molar-refractivity contribution in [1.29, 1.82) is 0 Å². The summed E-state index contributed by atoms with van der Waals surface area (Å²) in [5, 5.41) is 0.570. The highest BCUT2D eigenvalue weighted by molar-refractivity contribution is 7.98. The molecule has 2 heterocycles. The minimum absolute atomic E-state index is 0.0998. The maximum Gasteiger partial charge on any atom is 0.251 e. The van der Waals surface area contributed by atoms with Crippen molar-refractivity contribution in [3.05, 3.63) is 52.2 Å². The lowest BCUT2D eigenvalue weighted by Crippen LogP contribution is -2.12. The topological polar surface area (TPSA) is 83.7 Å². The van der Waals surface area contributed by atoms with E-state index in [0.29, 0.717) is 23.2 Å². The largest absolute Gasteiger partial charge is 0.373 e. The monoisotopic (exact) mass is 330 g/mol. The summed E-state index contributed by atoms with van der Waals surface area (Å²) in [6.07, 6.45) is 0.0998. The zero-order chi connectivity index (χ0) is 16.2. The van der Waals surface area contributed by atoms with Gasteiger partial charge in [0.05, 0.1) is 35.2 Å². The zero-order valence-corrected chi connectivity index (χ0v) is 13.8. The molecule has 120 valence electrons. The van der Waals surface area contributed by atoms with Crippen LogP contribution in [0.2, 0.25) is 0 Å². The number of fused-ring (bicyclic) bond motifs is 1. The maximum atomic E-state index is 11.7. The van der Waals surface area contributed by atoms with Gasteiger partial charge >= 0.3 is 0 Å². The molecule has 0 bridgehead atoms. The van der Waals surface area contributed by atoms with Crippen LogP contribution in [0.4, 0.5) is 0 Å². The van der Waals surface area contributed by atoms with E-state index in [2.05, 4.69) is 19.9 Å². The van der Waals surface area contributed by atoms with Gasteiger partial charge in [0, 0.05) is 6.07 Å². The average molecular weight is 330 g/mol. The van der Waals surface area contributed by atoms with E-state index >= 15 is 0 Å². The van der Waals surface area contributed by atoms with E-state index in [1.807, 2.05) is 38.1 Å². The van der Waals surface area contributed by atoms with Gasteiger partial charge in [-0.05, 0) is 26.0 Å². The Hall–Kier alpha value is -2.12. The molecule has 0 amide bonds. The van der Waals surface area contributed by atoms with E-state index in [1.54, 1.807) is 0 Å². The Morgan fingerprint density at radius 2 is 2.04 bits per heavy atom. The molecule has 0 saturated carbocycles. The van der Waals surface area contributed by atoms with Crippen molar-refractivity contribution in [2.24, 2.45) is 0 Å². The van der Waals surface area contributed by atoms with E-state index in [9.17, 15) is 4.79 Å². The van der Waals surface area contributed by atoms with E-state index in [1.165, 1.54) is 17.8 Å². The second-order valence-corrected chi connectivity index (χ2v) is 6.36. The van der Waals surface area contributed by atoms with Crippen LogP contribution in [0.15, 0.2) is 40.3 Å². The van der Waals surface area contributed by atoms with Gasteiger partial charge in [-0.25, -0.2) is 9.97 Å². The summed E-state index contributed by atoms with van der Waals surface area (Å²) in [6.45, 7) is 4.23. The molecule has 3 rings (SSSR count). The maximum absolute atomic E-state index is 11.7. The Balaban J connectivity index is 1.70. The van der Waals surface area contributed by atoms with E-state index < -0.39 is 0 Å². The first-order valence-corrected chi connectivity index (χ1v) is 8.37. The Morgan fingerprint density at radius 3 is 2.83 bits per heavy atom. The number of thioether (sulfide) groups is 1. The van der Waals surface area contributed by atoms with Crippen molar-refractivity contribution < 1.29 is 4.74 Å². The molecule has 0 unspecified atom stereocenters. The van der Waals surface area contributed by atoms with Gasteiger partial charge in [-0.3, -0.25) is 4.79 Å². The Kier molecular flexibility index (Phi) is 4.78. The molecule has 0 fully saturated rings. The highest BCUT2D eigenvalue weighted by atomic mass is 32.2. The van der Waals surface area contributed by atoms with E-state index in [-0.39, 0.29) is 11.7 Å². The first-order chi connectivity index (χ1) is 11.1. The van der Waals surface area contributed by atoms with Crippen LogP contribution in [0.25, 0.3) is 11.0 Å². The van der Waals surface area contributed by atoms with Crippen molar-refractivity contribution in [3.8, 4) is 0 Å². The van der Waals surface area contributed by atoms with Gasteiger partial charge in [-0.15, -0.1) is 0 Å². The average Bonchev–Trinajstić information content (AvgIpc) is 2.93. The molecule has 7 heteroatoms. The smallest absolute Gasteiger partial charge is 0.251 e. The molecule has 0 radical (unpaired) electrons. The number of nitrogens with one attached hydrogen (secondary N) is 2. The number of aromatic amines is 2. The van der Waals surface area contributed by atoms with Crippen molar-refractivity contribution >= 4 is 22.8 Å². The number of nitrogens with zero attached hydrogens (tertiary/aromatic N) is 2. The first kappa shape index (κ1) is 15.8. The van der Waals surface area contributed by atoms with Crippen molar-refractivity contribution in [2.75, 3.05) is 0 Å². The van der Waals surface area contributed by atoms with E-state index in [0.717, 1.165) is 16.9 Å². The molecule has 2 N–H and O–H groups in total. The molecule has 0 aliphatic heterocycles. The minimum Gasteiger partial charge on any atom is -0.373 e. The standard InChI is InChI=1S/C16H18N4O2S/c1-10(2)22-8-11-7-15(21)20-16(17-11)23-9-14-18-12-5-3-4-6-13(12)19-14/h3-7,10H,8-9H2,1-2H3,(H,18,19)(H,17,20,21). The molecular weight excluding hydrogens is 312 g/mol. The van der Waals surface area contributed by atoms with Crippen LogP contribution in [0.5, 0.6) is 0 Å². The van der Waals surface area contributed by atoms with Crippen LogP contribution in [0.3, 0.4) is 0 Å². The Labute approximate surface area is 137 Å². The fraction of sp³-hybridized carbons (Fsp3) is 0.312. The molecule has 0 spiro atoms. The molecule has 1 aromatic carbocycles. The quantitative estimate of drug-likeness (QED) is 0.536. The van der Waals surface area contributed by atoms with Crippen LogP contribution in [-0.2, 0) is 17.1 Å². The van der Waals surface area contributed by atoms with Gasteiger partial charge in [0.25, 0.3) is 5.56 Å². The number of aromatic nitrogens is 4. The molecule has 23 heavy (non-hydrogen) atoms. The van der Waals surface area contributed by atoms with Crippen molar-refractivity contribution in [3.63, 3.8) is 0 Å². The number of benzene rings is 1. The summed E-state index contributed by atoms with van der Waals surface area (Å²) in [6, 6.07) is 9.34. The third-order valence-corrected chi connectivity index (χ3v) is 4.01. The van der Waals surface area contributed by atoms with Gasteiger partial charge in [-0.2, -0.15) is 0 Å². The van der Waals surface area contributed by atoms with Crippen molar-refractivity contribution in [2.45, 2.75) is 37.5 Å². The summed E-state index contributed by atoms with van der Waals surface area (Å²) in [4.78, 5) is 26.6. The number of ether oxygens (including phenoxy) is 1. The molecule has 0 aliphatic carbocycles. The normalized spacial score (nSPS) is 11.4. The second kappa shape index (κ2) is 6.97. The molecule has 0 saturated heterocycles. The summed E-state index contributed by atoms with van der Waals surface area (Å²) >= 11 is 1.44. The Morgan fingerprint density at radius 1 is 1.22 bits per heavy atom. The SMILES string of the molecule is CC(C)OCc1cc(=O)[nH]c(SCc2nc3ccccc3[nH]2)n1. The van der Waals surface area contributed by atoms with Crippen molar-refractivity contribution in [1.82, 2.24) is 19.9 Å². The van der Waals surface area contributed by atoms with Gasteiger partial charge in [0.1, 0.15) is 5.82 Å². The van der Waals surface area contributed by atoms with Crippen LogP contribution in [0, 0.1) is 0 Å². The number of hydrogen-bond acceptors (Lipinski definition) is 5. The first-order valence-electron chi connectivity index (χ1n) is 7.38. The van der Waals surface area contributed by atoms with Crippen LogP contribution in [-0.4, -0.2) is 26.0 Å². The third-order valence-electron chi connectivity index (χ3n) is 3.12.